The molecule has 3 heteroatoms. The van der Waals surface area contributed by atoms with E-state index in [0.29, 0.717) is 5.56 Å². The molecular formula is C66H72N3+3. The number of nitrogens with zero attached hydrogens (tertiary/aromatic N) is 3. The minimum Gasteiger partial charge on any atom is -0.200 e. The summed E-state index contributed by atoms with van der Waals surface area (Å²) in [5.74, 6) is -3.11. The normalized spacial score (nSPS) is 15.5. The molecule has 0 N–H and O–H groups in total. The third-order valence-corrected chi connectivity index (χ3v) is 12.6. The molecule has 0 saturated heterocycles. The van der Waals surface area contributed by atoms with Crippen LogP contribution in [-0.2, 0) is 34.0 Å². The summed E-state index contributed by atoms with van der Waals surface area (Å²) >= 11 is 0. The zero-order valence-corrected chi connectivity index (χ0v) is 41.3. The number of hydrogen-bond acceptors (Lipinski definition) is 0. The molecule has 2 unspecified atom stereocenters. The van der Waals surface area contributed by atoms with E-state index in [9.17, 15) is 0 Å². The minimum absolute atomic E-state index is 0.104. The second-order valence-corrected chi connectivity index (χ2v) is 17.9. The topological polar surface area (TPSA) is 11.6 Å². The van der Waals surface area contributed by atoms with Crippen LogP contribution >= 0.6 is 0 Å². The largest absolute Gasteiger partial charge is 0.212 e. The van der Waals surface area contributed by atoms with Crippen LogP contribution in [0.15, 0.2) is 201 Å². The molecule has 9 aromatic rings. The first-order valence-electron chi connectivity index (χ1n) is 29.0. The highest BCUT2D eigenvalue weighted by atomic mass is 14.9. The van der Waals surface area contributed by atoms with E-state index in [1.807, 2.05) is 112 Å². The van der Waals surface area contributed by atoms with Crippen molar-refractivity contribution in [1.29, 1.82) is 0 Å². The second-order valence-electron chi connectivity index (χ2n) is 17.9. The summed E-state index contributed by atoms with van der Waals surface area (Å²) in [4.78, 5) is 0. The maximum Gasteiger partial charge on any atom is 0.212 e. The molecule has 0 bridgehead atoms. The SMILES string of the molecule is [2H]C([2H])([2H])C([2H])(C)Cc1ccc(-c2ccc(-c3ccccc3C)[n+](C)c2)cc1.[2H]C([2H])([2H])C([2H])(C)c1ccc(-c2ccc(-c3ccccc3C)[n+](C)c2)cc1.[2H]C([2H])([2H])Cc1ccc(-c2ccc(-c3ccccc3C)[n+](C)c2)cc1. The van der Waals surface area contributed by atoms with Crippen LogP contribution < -0.4 is 13.7 Å². The van der Waals surface area contributed by atoms with Gasteiger partial charge in [-0.15, -0.1) is 0 Å². The van der Waals surface area contributed by atoms with E-state index < -0.39 is 32.3 Å². The zero-order valence-electron chi connectivity index (χ0n) is 52.3. The summed E-state index contributed by atoms with van der Waals surface area (Å²) in [5, 5.41) is 0. The highest BCUT2D eigenvalue weighted by molar-refractivity contribution is 5.69. The summed E-state index contributed by atoms with van der Waals surface area (Å²) < 4.78 is 90.1. The van der Waals surface area contributed by atoms with E-state index in [4.69, 9.17) is 15.1 Å². The van der Waals surface area contributed by atoms with Gasteiger partial charge in [-0.1, -0.05) is 162 Å². The van der Waals surface area contributed by atoms with Crippen LogP contribution in [0.1, 0.15) is 88.8 Å². The molecule has 69 heavy (non-hydrogen) atoms. The summed E-state index contributed by atoms with van der Waals surface area (Å²) in [6.45, 7) is 2.65. The monoisotopic (exact) mass is 918 g/mol. The predicted octanol–water partition coefficient (Wildman–Crippen LogP) is 15.3. The first kappa shape index (κ1) is 36.8. The Kier molecular flexibility index (Phi) is 12.4. The Hall–Kier alpha value is -7.23. The number of benzene rings is 6. The van der Waals surface area contributed by atoms with E-state index in [0.717, 1.165) is 55.9 Å². The van der Waals surface area contributed by atoms with Crippen molar-refractivity contribution < 1.29 is 28.8 Å². The predicted molar refractivity (Wildman–Crippen MR) is 292 cm³/mol. The van der Waals surface area contributed by atoms with Crippen LogP contribution in [-0.4, -0.2) is 0 Å². The zero-order chi connectivity index (χ0) is 58.4. The van der Waals surface area contributed by atoms with Crippen molar-refractivity contribution in [1.82, 2.24) is 0 Å². The third-order valence-electron chi connectivity index (χ3n) is 12.6. The fourth-order valence-electron chi connectivity index (χ4n) is 8.60. The third kappa shape index (κ3) is 12.7. The lowest BCUT2D eigenvalue weighted by atomic mass is 9.98. The summed E-state index contributed by atoms with van der Waals surface area (Å²) in [6.07, 6.45) is 6.59. The Balaban J connectivity index is 0.000000174. The molecule has 3 nitrogen and oxygen atoms in total. The Morgan fingerprint density at radius 2 is 0.754 bits per heavy atom. The van der Waals surface area contributed by atoms with Gasteiger partial charge in [-0.05, 0) is 132 Å². The molecule has 3 heterocycles. The van der Waals surface area contributed by atoms with E-state index in [2.05, 4.69) is 132 Å². The number of pyridine rings is 3. The quantitative estimate of drug-likeness (QED) is 0.121. The average Bonchev–Trinajstić information content (AvgIpc) is 3.39. The average molecular weight is 918 g/mol. The molecule has 348 valence electrons. The van der Waals surface area contributed by atoms with Crippen molar-refractivity contribution in [2.45, 2.75) is 73.9 Å². The summed E-state index contributed by atoms with van der Waals surface area (Å²) in [6, 6.07) is 60.5. The van der Waals surface area contributed by atoms with Crippen LogP contribution in [0.25, 0.3) is 67.2 Å². The van der Waals surface area contributed by atoms with Crippen molar-refractivity contribution >= 4 is 0 Å². The van der Waals surface area contributed by atoms with Gasteiger partial charge in [-0.25, -0.2) is 13.7 Å². The van der Waals surface area contributed by atoms with E-state index >= 15 is 0 Å². The fraction of sp³-hybridized carbons (Fsp3) is 0.227. The number of rotatable bonds is 10. The van der Waals surface area contributed by atoms with Crippen molar-refractivity contribution in [2.75, 3.05) is 0 Å². The molecule has 0 aliphatic rings. The van der Waals surface area contributed by atoms with Gasteiger partial charge < -0.3 is 0 Å². The van der Waals surface area contributed by atoms with E-state index in [-0.39, 0.29) is 12.8 Å². The molecule has 0 saturated carbocycles. The Labute approximate surface area is 429 Å². The van der Waals surface area contributed by atoms with Gasteiger partial charge in [-0.3, -0.25) is 0 Å². The van der Waals surface area contributed by atoms with Gasteiger partial charge in [0.15, 0.2) is 18.6 Å². The van der Waals surface area contributed by atoms with Crippen LogP contribution in [0.2, 0.25) is 0 Å². The molecule has 9 rings (SSSR count). The van der Waals surface area contributed by atoms with Crippen molar-refractivity contribution in [3.8, 4) is 67.2 Å². The van der Waals surface area contributed by atoms with Crippen molar-refractivity contribution in [3.63, 3.8) is 0 Å². The van der Waals surface area contributed by atoms with Gasteiger partial charge in [0.1, 0.15) is 21.1 Å². The van der Waals surface area contributed by atoms with Gasteiger partial charge in [0.05, 0.1) is 0 Å². The van der Waals surface area contributed by atoms with Gasteiger partial charge >= 0.3 is 0 Å². The number of aromatic nitrogens is 3. The molecule has 0 aliphatic carbocycles. The summed E-state index contributed by atoms with van der Waals surface area (Å²) in [7, 11) is 6.12. The molecule has 2 atom stereocenters. The standard InChI is InChI=1S/C23H26N.C22H24N.C21H22N/c1-17(2)15-19-9-11-20(12-10-19)21-13-14-23(24(4)16-21)22-8-6-5-7-18(22)3;1-16(2)18-9-11-19(12-10-18)20-13-14-22(23(4)15-20)21-8-6-5-7-17(21)3;1-4-17-9-11-18(12-10-17)19-13-14-21(22(3)15-19)20-8-6-5-7-16(20)2/h5-14,16-17H,15H2,1-4H3;5-16H,1-4H3;5-15H,4H2,1-3H3/q3*+1/i1D3,17D;1D3,16D;1D3. The molecule has 0 spiro atoms. The molecule has 0 fully saturated rings. The molecule has 0 radical (unpaired) electrons. The second kappa shape index (κ2) is 23.2. The Morgan fingerprint density at radius 3 is 1.09 bits per heavy atom. The Bertz CT molecular complexity index is 3560. The van der Waals surface area contributed by atoms with Crippen LogP contribution in [0.3, 0.4) is 0 Å². The molecular weight excluding hydrogens is 835 g/mol. The fourth-order valence-corrected chi connectivity index (χ4v) is 8.60. The highest BCUT2D eigenvalue weighted by Crippen LogP contribution is 2.28. The van der Waals surface area contributed by atoms with E-state index in [1.54, 1.807) is 12.1 Å². The smallest absolute Gasteiger partial charge is 0.200 e. The first-order chi connectivity index (χ1) is 37.5. The number of hydrogen-bond donors (Lipinski definition) is 0. The molecule has 3 aromatic heterocycles. The first-order valence-corrected chi connectivity index (χ1v) is 23.5. The van der Waals surface area contributed by atoms with E-state index in [1.165, 1.54) is 52.9 Å². The van der Waals surface area contributed by atoms with Crippen molar-refractivity contribution in [3.05, 3.63) is 234 Å². The minimum atomic E-state index is -2.36. The molecule has 0 amide bonds. The van der Waals surface area contributed by atoms with Gasteiger partial charge in [0, 0.05) is 66.7 Å². The van der Waals surface area contributed by atoms with Crippen LogP contribution in [0.4, 0.5) is 0 Å². The lowest BCUT2D eigenvalue weighted by Crippen LogP contribution is -2.30. The van der Waals surface area contributed by atoms with Crippen LogP contribution in [0.5, 0.6) is 0 Å². The lowest BCUT2D eigenvalue weighted by Gasteiger charge is -2.08. The molecule has 0 aliphatic heterocycles. The lowest BCUT2D eigenvalue weighted by molar-refractivity contribution is -0.660. The number of aryl methyl sites for hydroxylation is 7. The van der Waals surface area contributed by atoms with Gasteiger partial charge in [0.2, 0.25) is 17.1 Å². The van der Waals surface area contributed by atoms with Crippen molar-refractivity contribution in [2.24, 2.45) is 27.0 Å². The Morgan fingerprint density at radius 1 is 0.406 bits per heavy atom. The maximum atomic E-state index is 8.20. The summed E-state index contributed by atoms with van der Waals surface area (Å²) in [5.41, 5.74) is 19.4. The maximum absolute atomic E-state index is 8.20. The van der Waals surface area contributed by atoms with Gasteiger partial charge in [0.25, 0.3) is 0 Å². The highest BCUT2D eigenvalue weighted by Gasteiger charge is 2.16. The van der Waals surface area contributed by atoms with Gasteiger partial charge in [-0.2, -0.15) is 0 Å². The van der Waals surface area contributed by atoms with Crippen LogP contribution in [0, 0.1) is 26.7 Å². The molecule has 6 aromatic carbocycles.